The molecule has 2 aromatic heterocycles. The van der Waals surface area contributed by atoms with Gasteiger partial charge in [0, 0.05) is 22.6 Å². The van der Waals surface area contributed by atoms with Crippen molar-refractivity contribution in [3.8, 4) is 17.3 Å². The van der Waals surface area contributed by atoms with Crippen LogP contribution in [-0.2, 0) is 14.6 Å². The van der Waals surface area contributed by atoms with Gasteiger partial charge in [-0.25, -0.2) is 13.4 Å². The number of hydrogen-bond donors (Lipinski definition) is 2. The maximum Gasteiger partial charge on any atom is 0.287 e. The summed E-state index contributed by atoms with van der Waals surface area (Å²) in [5, 5.41) is 17.5. The summed E-state index contributed by atoms with van der Waals surface area (Å²) in [5.41, 5.74) is -0.267. The van der Waals surface area contributed by atoms with Gasteiger partial charge in [0.2, 0.25) is 20.1 Å². The molecule has 0 spiro atoms. The van der Waals surface area contributed by atoms with Crippen LogP contribution in [-0.4, -0.2) is 42.5 Å². The standard InChI is InChI=1S/C24H24N4O5S2/c1-35(31,32)22-26-17(13-34-22)15-5-6-16-12-19(33-18(16)11-15)20(29)27-24(7-3-2-4-8-24)21(30)28-23(14-25)9-10-23/h5-6,11-13H,2-4,7-10H2,1H3,(H,27,29)(H,28,30). The van der Waals surface area contributed by atoms with Gasteiger partial charge in [-0.15, -0.1) is 11.3 Å². The van der Waals surface area contributed by atoms with Crippen LogP contribution in [0.4, 0.5) is 0 Å². The molecule has 0 saturated heterocycles. The first-order chi connectivity index (χ1) is 16.6. The van der Waals surface area contributed by atoms with E-state index >= 15 is 0 Å². The molecule has 9 nitrogen and oxygen atoms in total. The van der Waals surface area contributed by atoms with Gasteiger partial charge in [0.05, 0.1) is 11.8 Å². The Morgan fingerprint density at radius 2 is 1.86 bits per heavy atom. The molecule has 2 saturated carbocycles. The number of carbonyl (C=O) groups excluding carboxylic acids is 2. The first-order valence-corrected chi connectivity index (χ1v) is 14.2. The molecule has 2 heterocycles. The molecule has 35 heavy (non-hydrogen) atoms. The smallest absolute Gasteiger partial charge is 0.287 e. The fraction of sp³-hybridized carbons (Fsp3) is 0.417. The average Bonchev–Trinajstić information content (AvgIpc) is 3.23. The third-order valence-corrected chi connectivity index (χ3v) is 9.21. The van der Waals surface area contributed by atoms with E-state index < -0.39 is 26.8 Å². The molecule has 0 atom stereocenters. The topological polar surface area (TPSA) is 142 Å². The van der Waals surface area contributed by atoms with Crippen LogP contribution in [0.1, 0.15) is 55.5 Å². The lowest BCUT2D eigenvalue weighted by molar-refractivity contribution is -0.129. The molecule has 0 bridgehead atoms. The highest BCUT2D eigenvalue weighted by Crippen LogP contribution is 2.37. The van der Waals surface area contributed by atoms with Crippen molar-refractivity contribution in [2.75, 3.05) is 6.26 Å². The van der Waals surface area contributed by atoms with Crippen molar-refractivity contribution >= 4 is 44.0 Å². The second kappa shape index (κ2) is 8.46. The Kier molecular flexibility index (Phi) is 5.68. The van der Waals surface area contributed by atoms with Gasteiger partial charge in [0.15, 0.2) is 5.76 Å². The van der Waals surface area contributed by atoms with Gasteiger partial charge in [-0.05, 0) is 37.8 Å². The number of carbonyl (C=O) groups is 2. The Hall–Kier alpha value is -3.23. The highest BCUT2D eigenvalue weighted by Gasteiger charge is 2.50. The van der Waals surface area contributed by atoms with E-state index in [1.807, 2.05) is 0 Å². The van der Waals surface area contributed by atoms with E-state index in [1.165, 1.54) is 0 Å². The number of aromatic nitrogens is 1. The molecule has 1 aromatic carbocycles. The minimum Gasteiger partial charge on any atom is -0.451 e. The maximum absolute atomic E-state index is 13.2. The van der Waals surface area contributed by atoms with Crippen LogP contribution in [0.3, 0.4) is 0 Å². The zero-order chi connectivity index (χ0) is 24.8. The number of nitriles is 1. The summed E-state index contributed by atoms with van der Waals surface area (Å²) >= 11 is 1.05. The molecule has 182 valence electrons. The lowest BCUT2D eigenvalue weighted by Gasteiger charge is -2.37. The molecule has 5 rings (SSSR count). The van der Waals surface area contributed by atoms with Crippen molar-refractivity contribution in [2.24, 2.45) is 0 Å². The third-order valence-electron chi connectivity index (χ3n) is 6.65. The van der Waals surface area contributed by atoms with Gasteiger partial charge in [-0.1, -0.05) is 31.4 Å². The first kappa shape index (κ1) is 23.5. The predicted octanol–water partition coefficient (Wildman–Crippen LogP) is 3.56. The van der Waals surface area contributed by atoms with E-state index in [4.69, 9.17) is 4.42 Å². The predicted molar refractivity (Wildman–Crippen MR) is 129 cm³/mol. The second-order valence-corrected chi connectivity index (χ2v) is 12.4. The number of rotatable bonds is 6. The van der Waals surface area contributed by atoms with Gasteiger partial charge >= 0.3 is 0 Å². The minimum atomic E-state index is -3.40. The molecule has 2 amide bonds. The van der Waals surface area contributed by atoms with E-state index in [-0.39, 0.29) is 16.0 Å². The van der Waals surface area contributed by atoms with E-state index in [2.05, 4.69) is 21.7 Å². The number of nitrogens with zero attached hydrogens (tertiary/aromatic N) is 2. The number of sulfone groups is 1. The van der Waals surface area contributed by atoms with Crippen molar-refractivity contribution in [1.29, 1.82) is 5.26 Å². The van der Waals surface area contributed by atoms with Gasteiger partial charge in [-0.3, -0.25) is 9.59 Å². The zero-order valence-corrected chi connectivity index (χ0v) is 20.7. The molecule has 2 N–H and O–H groups in total. The van der Waals surface area contributed by atoms with E-state index in [9.17, 15) is 23.3 Å². The minimum absolute atomic E-state index is 0.0348. The quantitative estimate of drug-likeness (QED) is 0.514. The number of furan rings is 1. The normalized spacial score (nSPS) is 18.5. The summed E-state index contributed by atoms with van der Waals surface area (Å²) in [6, 6.07) is 9.05. The molecule has 2 fully saturated rings. The highest BCUT2D eigenvalue weighted by molar-refractivity contribution is 7.92. The molecule has 0 unspecified atom stereocenters. The molecule has 0 aliphatic heterocycles. The molecular weight excluding hydrogens is 488 g/mol. The van der Waals surface area contributed by atoms with Crippen molar-refractivity contribution in [3.05, 3.63) is 35.4 Å². The number of thiazole rings is 1. The number of benzene rings is 1. The average molecular weight is 513 g/mol. The second-order valence-electron chi connectivity index (χ2n) is 9.38. The van der Waals surface area contributed by atoms with Crippen LogP contribution >= 0.6 is 11.3 Å². The van der Waals surface area contributed by atoms with Crippen LogP contribution in [0.5, 0.6) is 0 Å². The van der Waals surface area contributed by atoms with Gasteiger partial charge in [0.1, 0.15) is 16.7 Å². The van der Waals surface area contributed by atoms with Crippen molar-refractivity contribution in [2.45, 2.75) is 60.4 Å². The molecule has 2 aliphatic rings. The Morgan fingerprint density at radius 3 is 2.49 bits per heavy atom. The van der Waals surface area contributed by atoms with Crippen LogP contribution < -0.4 is 10.6 Å². The Bertz CT molecular complexity index is 1470. The highest BCUT2D eigenvalue weighted by atomic mass is 32.2. The fourth-order valence-electron chi connectivity index (χ4n) is 4.43. The van der Waals surface area contributed by atoms with E-state index in [0.29, 0.717) is 47.9 Å². The summed E-state index contributed by atoms with van der Waals surface area (Å²) < 4.78 is 29.3. The number of hydrogen-bond acceptors (Lipinski definition) is 8. The summed E-state index contributed by atoms with van der Waals surface area (Å²) in [6.07, 6.45) is 5.96. The van der Waals surface area contributed by atoms with Crippen LogP contribution in [0.15, 0.2) is 38.4 Å². The van der Waals surface area contributed by atoms with Gasteiger partial charge in [0.25, 0.3) is 5.91 Å². The molecular formula is C24H24N4O5S2. The monoisotopic (exact) mass is 512 g/mol. The molecule has 11 heteroatoms. The Labute approximate surface area is 206 Å². The van der Waals surface area contributed by atoms with Crippen molar-refractivity contribution in [3.63, 3.8) is 0 Å². The zero-order valence-electron chi connectivity index (χ0n) is 19.1. The first-order valence-electron chi connectivity index (χ1n) is 11.4. The maximum atomic E-state index is 13.2. The number of fused-ring (bicyclic) bond motifs is 1. The summed E-state index contributed by atoms with van der Waals surface area (Å²) in [5.74, 6) is -0.728. The molecule has 0 radical (unpaired) electrons. The van der Waals surface area contributed by atoms with Crippen LogP contribution in [0.2, 0.25) is 0 Å². The SMILES string of the molecule is CS(=O)(=O)c1nc(-c2ccc3cc(C(=O)NC4(C(=O)NC5(C#N)CC5)CCCCC4)oc3c2)cs1. The van der Waals surface area contributed by atoms with E-state index in [0.717, 1.165) is 36.9 Å². The van der Waals surface area contributed by atoms with Crippen molar-refractivity contribution in [1.82, 2.24) is 15.6 Å². The largest absolute Gasteiger partial charge is 0.451 e. The van der Waals surface area contributed by atoms with Crippen LogP contribution in [0, 0.1) is 11.3 Å². The van der Waals surface area contributed by atoms with Crippen LogP contribution in [0.25, 0.3) is 22.2 Å². The summed E-state index contributed by atoms with van der Waals surface area (Å²) in [6.45, 7) is 0. The number of nitrogens with one attached hydrogen (secondary N) is 2. The Balaban J connectivity index is 1.39. The Morgan fingerprint density at radius 1 is 1.11 bits per heavy atom. The summed E-state index contributed by atoms with van der Waals surface area (Å²) in [7, 11) is -3.40. The summed E-state index contributed by atoms with van der Waals surface area (Å²) in [4.78, 5) is 30.6. The fourth-order valence-corrected chi connectivity index (χ4v) is 6.09. The van der Waals surface area contributed by atoms with Crippen molar-refractivity contribution < 1.29 is 22.4 Å². The lowest BCUT2D eigenvalue weighted by atomic mass is 9.80. The third kappa shape index (κ3) is 4.56. The van der Waals surface area contributed by atoms with Gasteiger partial charge < -0.3 is 15.1 Å². The van der Waals surface area contributed by atoms with Gasteiger partial charge in [-0.2, -0.15) is 5.26 Å². The number of amides is 2. The van der Waals surface area contributed by atoms with E-state index in [1.54, 1.807) is 29.6 Å². The molecule has 3 aromatic rings. The molecule has 2 aliphatic carbocycles. The lowest BCUT2D eigenvalue weighted by Crippen LogP contribution is -2.61.